The molecule has 2 N–H and O–H groups in total. The summed E-state index contributed by atoms with van der Waals surface area (Å²) >= 11 is 0. The van der Waals surface area contributed by atoms with Gasteiger partial charge in [0.05, 0.1) is 5.69 Å². The Morgan fingerprint density at radius 1 is 1.28 bits per heavy atom. The van der Waals surface area contributed by atoms with Gasteiger partial charge in [0.2, 0.25) is 0 Å². The number of aromatic amines is 1. The van der Waals surface area contributed by atoms with Gasteiger partial charge in [0, 0.05) is 35.6 Å². The summed E-state index contributed by atoms with van der Waals surface area (Å²) in [6.45, 7) is 6.33. The standard InChI is InChI=1S/C20H26N4O/c1-20(2)9-8-16-17(13-20)22-23-18(16)14-6-5-7-15(12-14)21-19(25)24-10-3-4-11-24/h5-7,12H,3-4,8-11,13H2,1-2H3,(H,21,25)(H,22,23). The van der Waals surface area contributed by atoms with E-state index in [0.29, 0.717) is 5.41 Å². The molecule has 1 fully saturated rings. The minimum Gasteiger partial charge on any atom is -0.325 e. The molecular formula is C20H26N4O. The van der Waals surface area contributed by atoms with Crippen LogP contribution in [0.15, 0.2) is 24.3 Å². The average Bonchev–Trinajstić information content (AvgIpc) is 3.23. The van der Waals surface area contributed by atoms with E-state index < -0.39 is 0 Å². The molecular weight excluding hydrogens is 312 g/mol. The van der Waals surface area contributed by atoms with Gasteiger partial charge in [-0.2, -0.15) is 5.10 Å². The molecule has 132 valence electrons. The van der Waals surface area contributed by atoms with E-state index in [4.69, 9.17) is 0 Å². The van der Waals surface area contributed by atoms with Gasteiger partial charge in [-0.3, -0.25) is 5.10 Å². The van der Waals surface area contributed by atoms with Gasteiger partial charge in [0.15, 0.2) is 0 Å². The molecule has 1 saturated heterocycles. The van der Waals surface area contributed by atoms with Crippen molar-refractivity contribution in [3.8, 4) is 11.3 Å². The number of amides is 2. The monoisotopic (exact) mass is 338 g/mol. The highest BCUT2D eigenvalue weighted by atomic mass is 16.2. The number of carbonyl (C=O) groups is 1. The van der Waals surface area contributed by atoms with E-state index in [0.717, 1.165) is 55.7 Å². The highest BCUT2D eigenvalue weighted by Gasteiger charge is 2.29. The zero-order valence-corrected chi connectivity index (χ0v) is 15.1. The Morgan fingerprint density at radius 3 is 2.88 bits per heavy atom. The van der Waals surface area contributed by atoms with Crippen LogP contribution in [0.4, 0.5) is 10.5 Å². The third-order valence-electron chi connectivity index (χ3n) is 5.44. The molecule has 0 bridgehead atoms. The molecule has 5 heteroatoms. The van der Waals surface area contributed by atoms with Crippen molar-refractivity contribution in [3.05, 3.63) is 35.5 Å². The van der Waals surface area contributed by atoms with Gasteiger partial charge >= 0.3 is 6.03 Å². The lowest BCUT2D eigenvalue weighted by Gasteiger charge is -2.29. The number of carbonyl (C=O) groups excluding carboxylic acids is 1. The van der Waals surface area contributed by atoms with E-state index in [2.05, 4.69) is 35.4 Å². The Kier molecular flexibility index (Phi) is 4.02. The maximum absolute atomic E-state index is 12.3. The molecule has 4 rings (SSSR count). The summed E-state index contributed by atoms with van der Waals surface area (Å²) < 4.78 is 0. The number of likely N-dealkylation sites (tertiary alicyclic amines) is 1. The SMILES string of the molecule is CC1(C)CCc2c(-c3cccc(NC(=O)N4CCCC4)c3)n[nH]c2C1. The molecule has 0 saturated carbocycles. The Labute approximate surface area is 148 Å². The highest BCUT2D eigenvalue weighted by Crippen LogP contribution is 2.38. The Balaban J connectivity index is 1.56. The number of rotatable bonds is 2. The third kappa shape index (κ3) is 3.28. The summed E-state index contributed by atoms with van der Waals surface area (Å²) in [5, 5.41) is 10.9. The second-order valence-corrected chi connectivity index (χ2v) is 8.08. The fourth-order valence-electron chi connectivity index (χ4n) is 3.95. The Morgan fingerprint density at radius 2 is 2.08 bits per heavy atom. The second-order valence-electron chi connectivity index (χ2n) is 8.08. The number of nitrogens with one attached hydrogen (secondary N) is 2. The van der Waals surface area contributed by atoms with Crippen molar-refractivity contribution >= 4 is 11.7 Å². The summed E-state index contributed by atoms with van der Waals surface area (Å²) in [5.41, 5.74) is 5.86. The number of hydrogen-bond donors (Lipinski definition) is 2. The predicted octanol–water partition coefficient (Wildman–Crippen LogP) is 4.22. The fourth-order valence-corrected chi connectivity index (χ4v) is 3.95. The summed E-state index contributed by atoms with van der Waals surface area (Å²) in [7, 11) is 0. The number of urea groups is 1. The van der Waals surface area contributed by atoms with Crippen LogP contribution in [0.1, 0.15) is 44.4 Å². The number of nitrogens with zero attached hydrogens (tertiary/aromatic N) is 2. The molecule has 25 heavy (non-hydrogen) atoms. The Bertz CT molecular complexity index is 787. The average molecular weight is 338 g/mol. The molecule has 1 aliphatic heterocycles. The normalized spacial score (nSPS) is 18.9. The minimum absolute atomic E-state index is 0.000422. The number of benzene rings is 1. The van der Waals surface area contributed by atoms with Crippen molar-refractivity contribution in [1.29, 1.82) is 0 Å². The number of fused-ring (bicyclic) bond motifs is 1. The lowest BCUT2D eigenvalue weighted by Crippen LogP contribution is -2.32. The molecule has 2 aromatic rings. The van der Waals surface area contributed by atoms with Crippen LogP contribution in [-0.4, -0.2) is 34.2 Å². The summed E-state index contributed by atoms with van der Waals surface area (Å²) in [6, 6.07) is 8.04. The molecule has 2 aliphatic rings. The fraction of sp³-hybridized carbons (Fsp3) is 0.500. The first-order chi connectivity index (χ1) is 12.0. The van der Waals surface area contributed by atoms with E-state index >= 15 is 0 Å². The van der Waals surface area contributed by atoms with E-state index in [1.807, 2.05) is 23.1 Å². The van der Waals surface area contributed by atoms with Crippen molar-refractivity contribution in [2.24, 2.45) is 5.41 Å². The van der Waals surface area contributed by atoms with Crippen LogP contribution < -0.4 is 5.32 Å². The maximum atomic E-state index is 12.3. The molecule has 5 nitrogen and oxygen atoms in total. The van der Waals surface area contributed by atoms with E-state index in [-0.39, 0.29) is 6.03 Å². The van der Waals surface area contributed by atoms with Gasteiger partial charge in [-0.1, -0.05) is 26.0 Å². The number of aromatic nitrogens is 2. The molecule has 1 aliphatic carbocycles. The van der Waals surface area contributed by atoms with Crippen LogP contribution in [0.3, 0.4) is 0 Å². The van der Waals surface area contributed by atoms with Crippen LogP contribution in [-0.2, 0) is 12.8 Å². The summed E-state index contributed by atoms with van der Waals surface area (Å²) in [5.74, 6) is 0. The smallest absolute Gasteiger partial charge is 0.321 e. The molecule has 1 aromatic heterocycles. The van der Waals surface area contributed by atoms with Gasteiger partial charge in [-0.05, 0) is 49.7 Å². The first-order valence-electron chi connectivity index (χ1n) is 9.24. The van der Waals surface area contributed by atoms with Crippen LogP contribution in [0.5, 0.6) is 0 Å². The van der Waals surface area contributed by atoms with Crippen LogP contribution in [0.2, 0.25) is 0 Å². The van der Waals surface area contributed by atoms with Crippen LogP contribution >= 0.6 is 0 Å². The molecule has 2 amide bonds. The predicted molar refractivity (Wildman–Crippen MR) is 99.7 cm³/mol. The quantitative estimate of drug-likeness (QED) is 0.861. The summed E-state index contributed by atoms with van der Waals surface area (Å²) in [6.07, 6.45) is 5.48. The minimum atomic E-state index is 0.000422. The first kappa shape index (κ1) is 16.2. The molecule has 1 aromatic carbocycles. The second kappa shape index (κ2) is 6.21. The topological polar surface area (TPSA) is 61.0 Å². The molecule has 0 atom stereocenters. The molecule has 2 heterocycles. The van der Waals surface area contributed by atoms with Crippen molar-refractivity contribution in [2.45, 2.75) is 46.0 Å². The number of hydrogen-bond acceptors (Lipinski definition) is 2. The van der Waals surface area contributed by atoms with Crippen LogP contribution in [0, 0.1) is 5.41 Å². The zero-order valence-electron chi connectivity index (χ0n) is 15.1. The molecule has 0 radical (unpaired) electrons. The first-order valence-corrected chi connectivity index (χ1v) is 9.24. The zero-order chi connectivity index (χ0) is 17.4. The molecule has 0 spiro atoms. The van der Waals surface area contributed by atoms with E-state index in [1.54, 1.807) is 0 Å². The van der Waals surface area contributed by atoms with Crippen molar-refractivity contribution in [2.75, 3.05) is 18.4 Å². The number of anilines is 1. The summed E-state index contributed by atoms with van der Waals surface area (Å²) in [4.78, 5) is 14.2. The van der Waals surface area contributed by atoms with Crippen LogP contribution in [0.25, 0.3) is 11.3 Å². The van der Waals surface area contributed by atoms with Gasteiger partial charge in [-0.25, -0.2) is 4.79 Å². The maximum Gasteiger partial charge on any atom is 0.321 e. The van der Waals surface area contributed by atoms with Gasteiger partial charge in [-0.15, -0.1) is 0 Å². The van der Waals surface area contributed by atoms with Crippen molar-refractivity contribution < 1.29 is 4.79 Å². The van der Waals surface area contributed by atoms with E-state index in [1.165, 1.54) is 17.7 Å². The van der Waals surface area contributed by atoms with Gasteiger partial charge in [0.1, 0.15) is 0 Å². The lowest BCUT2D eigenvalue weighted by atomic mass is 9.76. The third-order valence-corrected chi connectivity index (χ3v) is 5.44. The van der Waals surface area contributed by atoms with E-state index in [9.17, 15) is 4.79 Å². The van der Waals surface area contributed by atoms with Gasteiger partial charge < -0.3 is 10.2 Å². The lowest BCUT2D eigenvalue weighted by molar-refractivity contribution is 0.222. The Hall–Kier alpha value is -2.30. The largest absolute Gasteiger partial charge is 0.325 e. The molecule has 0 unspecified atom stereocenters. The van der Waals surface area contributed by atoms with Gasteiger partial charge in [0.25, 0.3) is 0 Å². The highest BCUT2D eigenvalue weighted by molar-refractivity contribution is 5.90. The van der Waals surface area contributed by atoms with Crippen molar-refractivity contribution in [1.82, 2.24) is 15.1 Å². The van der Waals surface area contributed by atoms with Crippen molar-refractivity contribution in [3.63, 3.8) is 0 Å². The number of H-pyrrole nitrogens is 1.